The lowest BCUT2D eigenvalue weighted by Gasteiger charge is -2.11. The summed E-state index contributed by atoms with van der Waals surface area (Å²) in [6, 6.07) is 17.5. The van der Waals surface area contributed by atoms with Crippen molar-refractivity contribution in [1.82, 2.24) is 19.6 Å². The van der Waals surface area contributed by atoms with Crippen LogP contribution in [-0.2, 0) is 11.3 Å². The van der Waals surface area contributed by atoms with Gasteiger partial charge in [-0.15, -0.1) is 0 Å². The average Bonchev–Trinajstić information content (AvgIpc) is 3.28. The Bertz CT molecular complexity index is 1230. The first-order valence-corrected chi connectivity index (χ1v) is 9.52. The summed E-state index contributed by atoms with van der Waals surface area (Å²) in [7, 11) is 0. The SMILES string of the molecule is Cc1cc(=O)c(C(=O)OCc2ccc(-n3cccn3)cc2)nn1-c1ccc(Cl)cc1. The van der Waals surface area contributed by atoms with E-state index in [1.54, 1.807) is 42.1 Å². The summed E-state index contributed by atoms with van der Waals surface area (Å²) in [6.45, 7) is 1.76. The van der Waals surface area contributed by atoms with Crippen molar-refractivity contribution in [1.29, 1.82) is 0 Å². The van der Waals surface area contributed by atoms with Gasteiger partial charge >= 0.3 is 5.97 Å². The summed E-state index contributed by atoms with van der Waals surface area (Å²) in [6.07, 6.45) is 3.53. The number of carbonyl (C=O) groups excluding carboxylic acids is 1. The normalized spacial score (nSPS) is 10.7. The molecule has 4 rings (SSSR count). The van der Waals surface area contributed by atoms with E-state index in [9.17, 15) is 9.59 Å². The molecule has 2 aromatic heterocycles. The molecule has 4 aromatic rings. The molecule has 7 nitrogen and oxygen atoms in total. The van der Waals surface area contributed by atoms with E-state index in [0.29, 0.717) is 16.4 Å². The molecule has 0 aliphatic rings. The molecule has 8 heteroatoms. The molecule has 30 heavy (non-hydrogen) atoms. The fourth-order valence-electron chi connectivity index (χ4n) is 2.92. The van der Waals surface area contributed by atoms with Crippen LogP contribution in [0.2, 0.25) is 5.02 Å². The van der Waals surface area contributed by atoms with E-state index in [0.717, 1.165) is 11.3 Å². The Labute approximate surface area is 177 Å². The highest BCUT2D eigenvalue weighted by atomic mass is 35.5. The van der Waals surface area contributed by atoms with Gasteiger partial charge in [-0.05, 0) is 55.0 Å². The molecule has 0 unspecified atom stereocenters. The van der Waals surface area contributed by atoms with E-state index in [4.69, 9.17) is 16.3 Å². The van der Waals surface area contributed by atoms with Gasteiger partial charge in [0.2, 0.25) is 11.1 Å². The number of aromatic nitrogens is 4. The maximum Gasteiger partial charge on any atom is 0.363 e. The molecule has 150 valence electrons. The molecule has 0 amide bonds. The van der Waals surface area contributed by atoms with Crippen LogP contribution in [-0.4, -0.2) is 25.5 Å². The molecule has 0 bridgehead atoms. The van der Waals surface area contributed by atoms with E-state index in [1.165, 1.54) is 10.7 Å². The summed E-state index contributed by atoms with van der Waals surface area (Å²) in [5.41, 5.74) is 2.18. The minimum Gasteiger partial charge on any atom is -0.456 e. The topological polar surface area (TPSA) is 79.0 Å². The molecule has 0 radical (unpaired) electrons. The zero-order chi connectivity index (χ0) is 21.1. The second-order valence-corrected chi connectivity index (χ2v) is 7.02. The zero-order valence-corrected chi connectivity index (χ0v) is 16.8. The number of hydrogen-bond donors (Lipinski definition) is 0. The van der Waals surface area contributed by atoms with Crippen LogP contribution in [0.15, 0.2) is 77.9 Å². The van der Waals surface area contributed by atoms with Crippen LogP contribution >= 0.6 is 11.6 Å². The van der Waals surface area contributed by atoms with Crippen LogP contribution in [0.25, 0.3) is 11.4 Å². The number of halogens is 1. The number of aryl methyl sites for hydroxylation is 1. The Morgan fingerprint density at radius 2 is 1.77 bits per heavy atom. The molecular formula is C22H17ClN4O3. The molecule has 0 saturated heterocycles. The van der Waals surface area contributed by atoms with Gasteiger partial charge in [0.25, 0.3) is 0 Å². The van der Waals surface area contributed by atoms with Crippen molar-refractivity contribution in [2.24, 2.45) is 0 Å². The van der Waals surface area contributed by atoms with Crippen molar-refractivity contribution >= 4 is 17.6 Å². The highest BCUT2D eigenvalue weighted by Gasteiger charge is 2.17. The van der Waals surface area contributed by atoms with Gasteiger partial charge in [0, 0.05) is 29.2 Å². The number of nitrogens with zero attached hydrogens (tertiary/aromatic N) is 4. The van der Waals surface area contributed by atoms with E-state index in [2.05, 4.69) is 10.2 Å². The molecule has 0 aliphatic carbocycles. The number of ether oxygens (including phenoxy) is 1. The summed E-state index contributed by atoms with van der Waals surface area (Å²) in [5.74, 6) is -0.779. The lowest BCUT2D eigenvalue weighted by molar-refractivity contribution is 0.0461. The van der Waals surface area contributed by atoms with Crippen LogP contribution in [0.1, 0.15) is 21.7 Å². The van der Waals surface area contributed by atoms with Gasteiger partial charge < -0.3 is 4.74 Å². The molecule has 0 spiro atoms. The van der Waals surface area contributed by atoms with E-state index in [1.807, 2.05) is 36.5 Å². The highest BCUT2D eigenvalue weighted by molar-refractivity contribution is 6.30. The third kappa shape index (κ3) is 4.16. The molecule has 0 fully saturated rings. The van der Waals surface area contributed by atoms with Gasteiger partial charge in [0.05, 0.1) is 11.4 Å². The first-order valence-electron chi connectivity index (χ1n) is 9.14. The van der Waals surface area contributed by atoms with Crippen LogP contribution < -0.4 is 5.43 Å². The van der Waals surface area contributed by atoms with Gasteiger partial charge in [0.15, 0.2) is 0 Å². The largest absolute Gasteiger partial charge is 0.456 e. The highest BCUT2D eigenvalue weighted by Crippen LogP contribution is 2.14. The third-order valence-corrected chi connectivity index (χ3v) is 4.70. The maximum atomic E-state index is 12.5. The van der Waals surface area contributed by atoms with E-state index in [-0.39, 0.29) is 12.3 Å². The van der Waals surface area contributed by atoms with Gasteiger partial charge in [-0.2, -0.15) is 10.2 Å². The third-order valence-electron chi connectivity index (χ3n) is 4.45. The molecule has 0 aliphatic heterocycles. The second-order valence-electron chi connectivity index (χ2n) is 6.58. The smallest absolute Gasteiger partial charge is 0.363 e. The molecular weight excluding hydrogens is 404 g/mol. The van der Waals surface area contributed by atoms with Crippen molar-refractivity contribution in [3.63, 3.8) is 0 Å². The Morgan fingerprint density at radius 1 is 1.07 bits per heavy atom. The molecule has 2 aromatic carbocycles. The fourth-order valence-corrected chi connectivity index (χ4v) is 3.04. The molecule has 2 heterocycles. The zero-order valence-electron chi connectivity index (χ0n) is 16.0. The van der Waals surface area contributed by atoms with Crippen molar-refractivity contribution in [2.75, 3.05) is 0 Å². The number of hydrogen-bond acceptors (Lipinski definition) is 5. The second kappa shape index (κ2) is 8.34. The monoisotopic (exact) mass is 420 g/mol. The van der Waals surface area contributed by atoms with Gasteiger partial charge in [0.1, 0.15) is 6.61 Å². The van der Waals surface area contributed by atoms with Gasteiger partial charge in [-0.25, -0.2) is 14.2 Å². The Morgan fingerprint density at radius 3 is 2.43 bits per heavy atom. The van der Waals surface area contributed by atoms with Crippen LogP contribution in [0, 0.1) is 6.92 Å². The fraction of sp³-hybridized carbons (Fsp3) is 0.0909. The standard InChI is InChI=1S/C22H17ClN4O3/c1-15-13-20(28)21(25-27(15)19-9-5-17(23)6-10-19)22(29)30-14-16-3-7-18(8-4-16)26-12-2-11-24-26/h2-13H,14H2,1H3. The minimum absolute atomic E-state index is 0.0220. The number of esters is 1. The summed E-state index contributed by atoms with van der Waals surface area (Å²) < 4.78 is 8.55. The lowest BCUT2D eigenvalue weighted by Crippen LogP contribution is -2.24. The van der Waals surface area contributed by atoms with E-state index >= 15 is 0 Å². The number of rotatable bonds is 5. The average molecular weight is 421 g/mol. The van der Waals surface area contributed by atoms with Gasteiger partial charge in [-0.1, -0.05) is 23.7 Å². The lowest BCUT2D eigenvalue weighted by atomic mass is 10.2. The Balaban J connectivity index is 1.51. The van der Waals surface area contributed by atoms with Crippen LogP contribution in [0.4, 0.5) is 0 Å². The first kappa shape index (κ1) is 19.6. The quantitative estimate of drug-likeness (QED) is 0.459. The molecule has 0 N–H and O–H groups in total. The Kier molecular flexibility index (Phi) is 5.45. The number of carbonyl (C=O) groups is 1. The molecule has 0 saturated carbocycles. The first-order chi connectivity index (χ1) is 14.5. The van der Waals surface area contributed by atoms with E-state index < -0.39 is 11.4 Å². The van der Waals surface area contributed by atoms with Gasteiger partial charge in [-0.3, -0.25) is 4.79 Å². The minimum atomic E-state index is -0.779. The van der Waals surface area contributed by atoms with Crippen molar-refractivity contribution in [3.05, 3.63) is 105 Å². The molecule has 0 atom stereocenters. The predicted octanol–water partition coefficient (Wildman–Crippen LogP) is 3.74. The summed E-state index contributed by atoms with van der Waals surface area (Å²) >= 11 is 5.93. The number of benzene rings is 2. The predicted molar refractivity (Wildman–Crippen MR) is 112 cm³/mol. The van der Waals surface area contributed by atoms with Crippen molar-refractivity contribution in [3.8, 4) is 11.4 Å². The maximum absolute atomic E-state index is 12.5. The summed E-state index contributed by atoms with van der Waals surface area (Å²) in [5, 5.41) is 8.95. The van der Waals surface area contributed by atoms with Crippen LogP contribution in [0.3, 0.4) is 0 Å². The van der Waals surface area contributed by atoms with Crippen molar-refractivity contribution in [2.45, 2.75) is 13.5 Å². The Hall–Kier alpha value is -3.71. The van der Waals surface area contributed by atoms with Crippen LogP contribution in [0.5, 0.6) is 0 Å². The summed E-state index contributed by atoms with van der Waals surface area (Å²) in [4.78, 5) is 24.8. The van der Waals surface area contributed by atoms with Crippen molar-refractivity contribution < 1.29 is 9.53 Å².